The molecular weight excluding hydrogens is 498 g/mol. The molecule has 0 saturated carbocycles. The number of sulfonamides is 1. The molecular formula is C30H29N3O4S. The largest absolute Gasteiger partial charge is 0.351 e. The summed E-state index contributed by atoms with van der Waals surface area (Å²) in [7, 11) is -3.69. The maximum atomic E-state index is 12.8. The molecule has 2 N–H and O–H groups in total. The van der Waals surface area contributed by atoms with Gasteiger partial charge in [0.05, 0.1) is 5.75 Å². The highest BCUT2D eigenvalue weighted by atomic mass is 32.2. The summed E-state index contributed by atoms with van der Waals surface area (Å²) >= 11 is 0. The first-order valence-electron chi connectivity index (χ1n) is 12.3. The van der Waals surface area contributed by atoms with Crippen LogP contribution in [-0.4, -0.2) is 37.4 Å². The number of rotatable bonds is 12. The molecule has 7 nitrogen and oxygen atoms in total. The van der Waals surface area contributed by atoms with Crippen LogP contribution in [-0.2, 0) is 27.7 Å². The summed E-state index contributed by atoms with van der Waals surface area (Å²) < 4.78 is 27.7. The number of pyridine rings is 1. The van der Waals surface area contributed by atoms with Crippen molar-refractivity contribution >= 4 is 27.4 Å². The molecule has 8 heteroatoms. The second-order valence-corrected chi connectivity index (χ2v) is 10.7. The average Bonchev–Trinajstić information content (AvgIpc) is 2.94. The Morgan fingerprint density at radius 3 is 2.26 bits per heavy atom. The van der Waals surface area contributed by atoms with Crippen molar-refractivity contribution in [2.75, 3.05) is 17.0 Å². The van der Waals surface area contributed by atoms with E-state index in [1.165, 1.54) is 0 Å². The number of nitrogens with one attached hydrogen (secondary N) is 2. The second kappa shape index (κ2) is 12.8. The Balaban J connectivity index is 1.26. The van der Waals surface area contributed by atoms with E-state index in [2.05, 4.69) is 15.0 Å². The monoisotopic (exact) mass is 527 g/mol. The van der Waals surface area contributed by atoms with Gasteiger partial charge in [0.1, 0.15) is 5.78 Å². The molecule has 1 amide bonds. The fourth-order valence-corrected chi connectivity index (χ4v) is 4.98. The Bertz CT molecular complexity index is 1470. The van der Waals surface area contributed by atoms with Gasteiger partial charge in [-0.15, -0.1) is 0 Å². The van der Waals surface area contributed by atoms with Crippen molar-refractivity contribution in [1.82, 2.24) is 10.3 Å². The van der Waals surface area contributed by atoms with Crippen LogP contribution >= 0.6 is 0 Å². The minimum atomic E-state index is -3.69. The van der Waals surface area contributed by atoms with Crippen LogP contribution in [0.3, 0.4) is 0 Å². The molecule has 1 aromatic heterocycles. The maximum absolute atomic E-state index is 12.8. The zero-order valence-corrected chi connectivity index (χ0v) is 21.7. The van der Waals surface area contributed by atoms with Crippen LogP contribution in [0.4, 0.5) is 5.69 Å². The number of aromatic nitrogens is 1. The van der Waals surface area contributed by atoms with Crippen LogP contribution in [0.2, 0.25) is 0 Å². The van der Waals surface area contributed by atoms with Gasteiger partial charge in [-0.3, -0.25) is 19.3 Å². The Hall–Kier alpha value is -4.30. The van der Waals surface area contributed by atoms with E-state index in [4.69, 9.17) is 0 Å². The van der Waals surface area contributed by atoms with Crippen LogP contribution in [0.15, 0.2) is 103 Å². The van der Waals surface area contributed by atoms with Gasteiger partial charge in [0.2, 0.25) is 10.0 Å². The molecule has 0 saturated heterocycles. The Kier molecular flexibility index (Phi) is 9.00. The molecule has 0 aliphatic heterocycles. The Labute approximate surface area is 223 Å². The van der Waals surface area contributed by atoms with Crippen molar-refractivity contribution in [2.24, 2.45) is 0 Å². The van der Waals surface area contributed by atoms with Gasteiger partial charge in [-0.2, -0.15) is 0 Å². The molecule has 0 unspecified atom stereocenters. The molecule has 1 heterocycles. The van der Waals surface area contributed by atoms with Crippen molar-refractivity contribution in [1.29, 1.82) is 0 Å². The van der Waals surface area contributed by atoms with Gasteiger partial charge in [-0.1, -0.05) is 66.7 Å². The predicted molar refractivity (Wildman–Crippen MR) is 149 cm³/mol. The third-order valence-electron chi connectivity index (χ3n) is 5.96. The number of carbonyl (C=O) groups excluding carboxylic acids is 2. The van der Waals surface area contributed by atoms with Gasteiger partial charge in [-0.05, 0) is 52.9 Å². The number of aryl methyl sites for hydroxylation is 1. The third kappa shape index (κ3) is 7.85. The predicted octanol–water partition coefficient (Wildman–Crippen LogP) is 4.66. The lowest BCUT2D eigenvalue weighted by molar-refractivity contribution is -0.118. The van der Waals surface area contributed by atoms with E-state index in [9.17, 15) is 18.0 Å². The zero-order chi connectivity index (χ0) is 26.8. The molecule has 0 bridgehead atoms. The summed E-state index contributed by atoms with van der Waals surface area (Å²) in [6.45, 7) is -0.0409. The van der Waals surface area contributed by atoms with Crippen LogP contribution in [0.1, 0.15) is 27.9 Å². The van der Waals surface area contributed by atoms with Crippen LogP contribution in [0.5, 0.6) is 0 Å². The topological polar surface area (TPSA) is 105 Å². The zero-order valence-electron chi connectivity index (χ0n) is 20.8. The smallest absolute Gasteiger partial charge is 0.251 e. The number of Topliss-reactive ketones (excluding diaryl/α,β-unsaturated/α-hetero) is 1. The average molecular weight is 528 g/mol. The number of anilines is 1. The quantitative estimate of drug-likeness (QED) is 0.279. The van der Waals surface area contributed by atoms with E-state index in [-0.39, 0.29) is 30.4 Å². The highest BCUT2D eigenvalue weighted by molar-refractivity contribution is 7.92. The molecule has 4 rings (SSSR count). The Morgan fingerprint density at radius 1 is 0.789 bits per heavy atom. The first kappa shape index (κ1) is 26.8. The number of hydrogen-bond donors (Lipinski definition) is 2. The molecule has 0 atom stereocenters. The van der Waals surface area contributed by atoms with Crippen LogP contribution < -0.4 is 10.0 Å². The van der Waals surface area contributed by atoms with Crippen molar-refractivity contribution in [3.63, 3.8) is 0 Å². The highest BCUT2D eigenvalue weighted by Gasteiger charge is 2.15. The summed E-state index contributed by atoms with van der Waals surface area (Å²) in [6, 6.07) is 27.3. The molecule has 0 spiro atoms. The molecule has 0 aliphatic rings. The number of amides is 1. The van der Waals surface area contributed by atoms with E-state index in [1.807, 2.05) is 54.6 Å². The summed E-state index contributed by atoms with van der Waals surface area (Å²) in [4.78, 5) is 29.1. The summed E-state index contributed by atoms with van der Waals surface area (Å²) in [5.74, 6) is -0.509. The molecule has 3 aromatic carbocycles. The van der Waals surface area contributed by atoms with E-state index in [0.29, 0.717) is 24.1 Å². The summed E-state index contributed by atoms with van der Waals surface area (Å²) in [5.41, 5.74) is 4.40. The van der Waals surface area contributed by atoms with Crippen molar-refractivity contribution < 1.29 is 18.0 Å². The third-order valence-corrected chi connectivity index (χ3v) is 7.25. The molecule has 4 aromatic rings. The van der Waals surface area contributed by atoms with E-state index >= 15 is 0 Å². The fraction of sp³-hybridized carbons (Fsp3) is 0.167. The maximum Gasteiger partial charge on any atom is 0.251 e. The number of benzene rings is 3. The first-order valence-corrected chi connectivity index (χ1v) is 14.0. The highest BCUT2D eigenvalue weighted by Crippen LogP contribution is 2.23. The van der Waals surface area contributed by atoms with E-state index in [1.54, 1.807) is 48.8 Å². The van der Waals surface area contributed by atoms with Crippen molar-refractivity contribution in [2.45, 2.75) is 19.3 Å². The number of hydrogen-bond acceptors (Lipinski definition) is 5. The normalized spacial score (nSPS) is 11.1. The number of carbonyl (C=O) groups is 2. The van der Waals surface area contributed by atoms with Gasteiger partial charge in [-0.25, -0.2) is 8.42 Å². The standard InChI is InChI=1S/C30H29N3O4S/c34-27(17-14-24-7-6-18-31-22-24)21-23-12-15-26(16-13-23)33-38(36,37)20-19-32-30(35)29-11-5-4-10-28(29)25-8-2-1-3-9-25/h1-13,15-16,18,22,33H,14,17,19-21H2,(H,32,35). The SMILES string of the molecule is O=C(CCc1cccnc1)Cc1ccc(NS(=O)(=O)CCNC(=O)c2ccccc2-c2ccccc2)cc1. The molecule has 194 valence electrons. The van der Waals surface area contributed by atoms with Gasteiger partial charge in [0.15, 0.2) is 0 Å². The van der Waals surface area contributed by atoms with Gasteiger partial charge in [0.25, 0.3) is 5.91 Å². The van der Waals surface area contributed by atoms with Gasteiger partial charge in [0, 0.05) is 43.0 Å². The number of ketones is 1. The molecule has 38 heavy (non-hydrogen) atoms. The minimum Gasteiger partial charge on any atom is -0.351 e. The summed E-state index contributed by atoms with van der Waals surface area (Å²) in [5, 5.41) is 2.71. The first-order chi connectivity index (χ1) is 18.4. The minimum absolute atomic E-state index is 0.0409. The lowest BCUT2D eigenvalue weighted by Gasteiger charge is -2.12. The second-order valence-electron chi connectivity index (χ2n) is 8.86. The molecule has 0 fully saturated rings. The summed E-state index contributed by atoms with van der Waals surface area (Å²) in [6.07, 6.45) is 4.79. The van der Waals surface area contributed by atoms with Crippen LogP contribution in [0, 0.1) is 0 Å². The Morgan fingerprint density at radius 2 is 1.53 bits per heavy atom. The lowest BCUT2D eigenvalue weighted by atomic mass is 9.99. The molecule has 0 aliphatic carbocycles. The van der Waals surface area contributed by atoms with Crippen molar-refractivity contribution in [3.8, 4) is 11.1 Å². The van der Waals surface area contributed by atoms with Crippen molar-refractivity contribution in [3.05, 3.63) is 120 Å². The van der Waals surface area contributed by atoms with Gasteiger partial charge >= 0.3 is 0 Å². The number of nitrogens with zero attached hydrogens (tertiary/aromatic N) is 1. The van der Waals surface area contributed by atoms with E-state index < -0.39 is 10.0 Å². The fourth-order valence-electron chi connectivity index (χ4n) is 4.01. The lowest BCUT2D eigenvalue weighted by Crippen LogP contribution is -2.31. The molecule has 0 radical (unpaired) electrons. The van der Waals surface area contributed by atoms with Crippen LogP contribution in [0.25, 0.3) is 11.1 Å². The van der Waals surface area contributed by atoms with Gasteiger partial charge < -0.3 is 5.32 Å². The van der Waals surface area contributed by atoms with E-state index in [0.717, 1.165) is 22.3 Å².